The lowest BCUT2D eigenvalue weighted by Gasteiger charge is -2.30. The van der Waals surface area contributed by atoms with Crippen LogP contribution >= 0.6 is 0 Å². The summed E-state index contributed by atoms with van der Waals surface area (Å²) in [5.74, 6) is 0. The number of aliphatic hydroxyl groups is 2. The first-order chi connectivity index (χ1) is 11.8. The summed E-state index contributed by atoms with van der Waals surface area (Å²) in [6.45, 7) is 0. The van der Waals surface area contributed by atoms with Crippen LogP contribution in [0.1, 0.15) is 23.3 Å². The van der Waals surface area contributed by atoms with E-state index in [1.807, 2.05) is 42.5 Å². The van der Waals surface area contributed by atoms with Gasteiger partial charge in [0.2, 0.25) is 0 Å². The Morgan fingerprint density at radius 1 is 0.542 bits per heavy atom. The molecule has 2 heteroatoms. The van der Waals surface area contributed by atoms with Crippen LogP contribution in [0, 0.1) is 0 Å². The van der Waals surface area contributed by atoms with E-state index in [0.717, 1.165) is 27.6 Å². The Morgan fingerprint density at radius 2 is 1.25 bits per heavy atom. The fraction of sp³-hybridized carbons (Fsp3) is 0.0909. The van der Waals surface area contributed by atoms with E-state index in [1.165, 1.54) is 16.2 Å². The standard InChI is InChI=1S/C22H16O2/c23-21-18-8-4-3-7-16(18)20-17-10-9-13-5-1-2-6-14(13)15(17)11-12-19(20)22(21)24/h1-12,21-24H/t21-,22-/m1/s1. The Balaban J connectivity index is 1.96. The van der Waals surface area contributed by atoms with Gasteiger partial charge in [0, 0.05) is 0 Å². The predicted octanol–water partition coefficient (Wildman–Crippen LogP) is 4.74. The lowest BCUT2D eigenvalue weighted by molar-refractivity contribution is 0.0159. The Hall–Kier alpha value is -2.68. The van der Waals surface area contributed by atoms with Crippen molar-refractivity contribution >= 4 is 21.5 Å². The molecule has 2 nitrogen and oxygen atoms in total. The molecule has 4 aromatic rings. The van der Waals surface area contributed by atoms with E-state index in [1.54, 1.807) is 0 Å². The quantitative estimate of drug-likeness (QED) is 0.460. The van der Waals surface area contributed by atoms with Crippen molar-refractivity contribution in [1.82, 2.24) is 0 Å². The minimum absolute atomic E-state index is 0.790. The molecule has 0 radical (unpaired) electrons. The summed E-state index contributed by atoms with van der Waals surface area (Å²) in [4.78, 5) is 0. The summed E-state index contributed by atoms with van der Waals surface area (Å²) in [6, 6.07) is 24.4. The van der Waals surface area contributed by atoms with Gasteiger partial charge in [0.05, 0.1) is 0 Å². The summed E-state index contributed by atoms with van der Waals surface area (Å²) in [6.07, 6.45) is -1.78. The highest BCUT2D eigenvalue weighted by Gasteiger charge is 2.31. The Labute approximate surface area is 139 Å². The molecule has 0 amide bonds. The fourth-order valence-electron chi connectivity index (χ4n) is 3.97. The van der Waals surface area contributed by atoms with Crippen molar-refractivity contribution in [2.45, 2.75) is 12.2 Å². The van der Waals surface area contributed by atoms with E-state index < -0.39 is 12.2 Å². The molecule has 2 N–H and O–H groups in total. The van der Waals surface area contributed by atoms with Gasteiger partial charge < -0.3 is 10.2 Å². The second-order valence-corrected chi connectivity index (χ2v) is 6.39. The van der Waals surface area contributed by atoms with Crippen LogP contribution in [0.15, 0.2) is 72.8 Å². The molecule has 4 aromatic carbocycles. The van der Waals surface area contributed by atoms with Gasteiger partial charge in [0.15, 0.2) is 0 Å². The van der Waals surface area contributed by atoms with E-state index in [2.05, 4.69) is 30.3 Å². The highest BCUT2D eigenvalue weighted by atomic mass is 16.3. The zero-order chi connectivity index (χ0) is 16.3. The first-order valence-electron chi connectivity index (χ1n) is 8.15. The molecule has 5 rings (SSSR count). The Kier molecular flexibility index (Phi) is 2.81. The number of benzene rings is 4. The average molecular weight is 312 g/mol. The molecule has 1 aliphatic carbocycles. The van der Waals surface area contributed by atoms with Crippen LogP contribution in [0.3, 0.4) is 0 Å². The number of hydrogen-bond acceptors (Lipinski definition) is 2. The lowest BCUT2D eigenvalue weighted by atomic mass is 9.79. The molecule has 0 bridgehead atoms. The molecule has 24 heavy (non-hydrogen) atoms. The van der Waals surface area contributed by atoms with Crippen molar-refractivity contribution in [3.05, 3.63) is 83.9 Å². The van der Waals surface area contributed by atoms with E-state index in [-0.39, 0.29) is 0 Å². The van der Waals surface area contributed by atoms with Crippen molar-refractivity contribution in [2.75, 3.05) is 0 Å². The van der Waals surface area contributed by atoms with E-state index in [4.69, 9.17) is 0 Å². The molecule has 0 saturated carbocycles. The predicted molar refractivity (Wildman–Crippen MR) is 96.8 cm³/mol. The van der Waals surface area contributed by atoms with Crippen molar-refractivity contribution in [3.8, 4) is 11.1 Å². The van der Waals surface area contributed by atoms with E-state index in [9.17, 15) is 10.2 Å². The minimum atomic E-state index is -0.897. The van der Waals surface area contributed by atoms with Crippen LogP contribution in [0.2, 0.25) is 0 Å². The monoisotopic (exact) mass is 312 g/mol. The van der Waals surface area contributed by atoms with Gasteiger partial charge in [0.1, 0.15) is 12.2 Å². The highest BCUT2D eigenvalue weighted by Crippen LogP contribution is 2.47. The smallest absolute Gasteiger partial charge is 0.110 e. The average Bonchev–Trinajstić information content (AvgIpc) is 2.65. The number of fused-ring (bicyclic) bond motifs is 7. The summed E-state index contributed by atoms with van der Waals surface area (Å²) in [7, 11) is 0. The van der Waals surface area contributed by atoms with Crippen LogP contribution in [-0.4, -0.2) is 10.2 Å². The fourth-order valence-corrected chi connectivity index (χ4v) is 3.97. The first-order valence-corrected chi connectivity index (χ1v) is 8.15. The topological polar surface area (TPSA) is 40.5 Å². The third-order valence-corrected chi connectivity index (χ3v) is 5.12. The summed E-state index contributed by atoms with van der Waals surface area (Å²) in [5.41, 5.74) is 3.62. The maximum Gasteiger partial charge on any atom is 0.110 e. The van der Waals surface area contributed by atoms with E-state index in [0.29, 0.717) is 0 Å². The number of aliphatic hydroxyl groups excluding tert-OH is 2. The third kappa shape index (κ3) is 1.72. The van der Waals surface area contributed by atoms with Gasteiger partial charge in [-0.1, -0.05) is 72.8 Å². The second-order valence-electron chi connectivity index (χ2n) is 6.39. The summed E-state index contributed by atoms with van der Waals surface area (Å²) >= 11 is 0. The molecule has 1 aliphatic rings. The Bertz CT molecular complexity index is 1100. The molecule has 0 unspecified atom stereocenters. The van der Waals surface area contributed by atoms with Crippen LogP contribution in [0.25, 0.3) is 32.7 Å². The molecule has 0 aliphatic heterocycles. The summed E-state index contributed by atoms with van der Waals surface area (Å²) in [5, 5.41) is 25.8. The molecule has 2 atom stereocenters. The van der Waals surface area contributed by atoms with Gasteiger partial charge in [-0.25, -0.2) is 0 Å². The van der Waals surface area contributed by atoms with E-state index >= 15 is 0 Å². The minimum Gasteiger partial charge on any atom is -0.385 e. The number of hydrogen-bond donors (Lipinski definition) is 2. The number of rotatable bonds is 0. The third-order valence-electron chi connectivity index (χ3n) is 5.12. The Morgan fingerprint density at radius 3 is 2.17 bits per heavy atom. The van der Waals surface area contributed by atoms with Crippen LogP contribution in [0.5, 0.6) is 0 Å². The van der Waals surface area contributed by atoms with Crippen molar-refractivity contribution in [1.29, 1.82) is 0 Å². The van der Waals surface area contributed by atoms with Gasteiger partial charge in [-0.15, -0.1) is 0 Å². The highest BCUT2D eigenvalue weighted by molar-refractivity contribution is 6.13. The van der Waals surface area contributed by atoms with Crippen molar-refractivity contribution in [3.63, 3.8) is 0 Å². The normalized spacial score (nSPS) is 19.2. The molecule has 0 spiro atoms. The van der Waals surface area contributed by atoms with Gasteiger partial charge in [-0.2, -0.15) is 0 Å². The van der Waals surface area contributed by atoms with Gasteiger partial charge in [-0.05, 0) is 43.8 Å². The van der Waals surface area contributed by atoms with Crippen LogP contribution in [0.4, 0.5) is 0 Å². The molecule has 0 fully saturated rings. The largest absolute Gasteiger partial charge is 0.385 e. The molecular weight excluding hydrogens is 296 g/mol. The first kappa shape index (κ1) is 13.7. The summed E-state index contributed by atoms with van der Waals surface area (Å²) < 4.78 is 0. The maximum absolute atomic E-state index is 10.6. The van der Waals surface area contributed by atoms with Crippen LogP contribution in [-0.2, 0) is 0 Å². The molecule has 0 saturated heterocycles. The second kappa shape index (κ2) is 4.91. The SMILES string of the molecule is O[C@@H]1c2ccccc2-c2c(ccc3c2ccc2ccccc23)[C@H]1O. The molecule has 0 aromatic heterocycles. The van der Waals surface area contributed by atoms with Crippen molar-refractivity contribution < 1.29 is 10.2 Å². The molecule has 116 valence electrons. The molecule has 0 heterocycles. The van der Waals surface area contributed by atoms with Crippen LogP contribution < -0.4 is 0 Å². The van der Waals surface area contributed by atoms with Crippen molar-refractivity contribution in [2.24, 2.45) is 0 Å². The van der Waals surface area contributed by atoms with Gasteiger partial charge in [-0.3, -0.25) is 0 Å². The van der Waals surface area contributed by atoms with Gasteiger partial charge >= 0.3 is 0 Å². The zero-order valence-corrected chi connectivity index (χ0v) is 13.0. The van der Waals surface area contributed by atoms with Gasteiger partial charge in [0.25, 0.3) is 0 Å². The maximum atomic E-state index is 10.6. The zero-order valence-electron chi connectivity index (χ0n) is 13.0. The molecular formula is C22H16O2. The lowest BCUT2D eigenvalue weighted by Crippen LogP contribution is -2.17.